The predicted molar refractivity (Wildman–Crippen MR) is 126 cm³/mol. The second-order valence-corrected chi connectivity index (χ2v) is 9.09. The minimum Gasteiger partial charge on any atom is -0.475 e. The van der Waals surface area contributed by atoms with Gasteiger partial charge in [0.15, 0.2) is 0 Å². The third-order valence-electron chi connectivity index (χ3n) is 6.40. The van der Waals surface area contributed by atoms with Crippen molar-refractivity contribution < 1.29 is 32.6 Å². The second-order valence-electron chi connectivity index (χ2n) is 9.09. The van der Waals surface area contributed by atoms with Crippen molar-refractivity contribution in [2.24, 2.45) is 5.92 Å². The van der Waals surface area contributed by atoms with Crippen molar-refractivity contribution in [3.63, 3.8) is 0 Å². The van der Waals surface area contributed by atoms with E-state index in [2.05, 4.69) is 45.5 Å². The molecule has 4 rings (SSSR count). The van der Waals surface area contributed by atoms with Gasteiger partial charge in [-0.3, -0.25) is 9.69 Å². The molecule has 2 N–H and O–H groups in total. The van der Waals surface area contributed by atoms with Crippen LogP contribution in [0.2, 0.25) is 0 Å². The largest absolute Gasteiger partial charge is 0.490 e. The minimum absolute atomic E-state index is 0.0117. The number of pyridine rings is 1. The molecule has 0 aliphatic carbocycles. The number of hydrogen-bond donors (Lipinski definition) is 2. The van der Waals surface area contributed by atoms with Gasteiger partial charge >= 0.3 is 12.1 Å². The number of piperazine rings is 1. The van der Waals surface area contributed by atoms with Crippen LogP contribution in [-0.4, -0.2) is 84.4 Å². The van der Waals surface area contributed by atoms with Crippen LogP contribution in [0.1, 0.15) is 37.0 Å². The number of carbonyl (C=O) groups is 2. The molecular formula is C24H33F3N4O4. The van der Waals surface area contributed by atoms with Gasteiger partial charge in [0.1, 0.15) is 5.82 Å². The summed E-state index contributed by atoms with van der Waals surface area (Å²) < 4.78 is 39.3. The van der Waals surface area contributed by atoms with Crippen LogP contribution in [0.5, 0.6) is 0 Å². The van der Waals surface area contributed by atoms with Crippen LogP contribution in [0, 0.1) is 5.92 Å². The third-order valence-corrected chi connectivity index (χ3v) is 6.40. The van der Waals surface area contributed by atoms with Crippen molar-refractivity contribution in [3.8, 4) is 0 Å². The Bertz CT molecular complexity index is 994. The number of aromatic nitrogens is 1. The summed E-state index contributed by atoms with van der Waals surface area (Å²) >= 11 is 0. The normalized spacial score (nSPS) is 17.8. The molecule has 2 aromatic rings. The van der Waals surface area contributed by atoms with Gasteiger partial charge in [0.05, 0.1) is 5.56 Å². The predicted octanol–water partition coefficient (Wildman–Crippen LogP) is 3.26. The van der Waals surface area contributed by atoms with Crippen LogP contribution in [0.3, 0.4) is 0 Å². The molecule has 2 aliphatic heterocycles. The number of carbonyl (C=O) groups excluding carboxylic acids is 1. The number of aliphatic carboxylic acids is 1. The number of rotatable bonds is 5. The molecule has 194 valence electrons. The van der Waals surface area contributed by atoms with Crippen LogP contribution < -0.4 is 10.2 Å². The fraction of sp³-hybridized carbons (Fsp3) is 0.583. The van der Waals surface area contributed by atoms with E-state index >= 15 is 0 Å². The molecule has 2 aliphatic rings. The highest BCUT2D eigenvalue weighted by Gasteiger charge is 2.38. The average Bonchev–Trinajstić information content (AvgIpc) is 3.26. The Hall–Kier alpha value is -2.79. The van der Waals surface area contributed by atoms with Gasteiger partial charge in [0.25, 0.3) is 5.91 Å². The van der Waals surface area contributed by atoms with Crippen LogP contribution in [-0.2, 0) is 9.53 Å². The van der Waals surface area contributed by atoms with Crippen LogP contribution in [0.25, 0.3) is 5.52 Å². The van der Waals surface area contributed by atoms with Crippen molar-refractivity contribution >= 4 is 23.2 Å². The fourth-order valence-electron chi connectivity index (χ4n) is 4.24. The highest BCUT2D eigenvalue weighted by molar-refractivity contribution is 5.94. The van der Waals surface area contributed by atoms with E-state index in [0.717, 1.165) is 69.9 Å². The minimum atomic E-state index is -5.08. The molecule has 0 spiro atoms. The smallest absolute Gasteiger partial charge is 0.475 e. The van der Waals surface area contributed by atoms with Gasteiger partial charge in [-0.05, 0) is 56.9 Å². The summed E-state index contributed by atoms with van der Waals surface area (Å²) in [5, 5.41) is 10.2. The lowest BCUT2D eigenvalue weighted by molar-refractivity contribution is -0.192. The molecule has 35 heavy (non-hydrogen) atoms. The highest BCUT2D eigenvalue weighted by atomic mass is 19.4. The zero-order valence-electron chi connectivity index (χ0n) is 20.1. The Kier molecular flexibility index (Phi) is 9.01. The number of alkyl halides is 3. The first-order valence-corrected chi connectivity index (χ1v) is 11.8. The Morgan fingerprint density at radius 3 is 2.26 bits per heavy atom. The summed E-state index contributed by atoms with van der Waals surface area (Å²) in [5.41, 5.74) is 1.85. The van der Waals surface area contributed by atoms with Crippen molar-refractivity contribution in [3.05, 3.63) is 36.0 Å². The standard InChI is InChI=1S/C22H32N4O2.C2HF3O2/c1-17(2)24-9-11-25(12-10-24)21-6-5-20-4-3-19(16-26(20)21)22(27)23-15-18-7-13-28-14-8-18;3-2(4,5)1(6)7/h3-6,16-18H,7-15H2,1-2H3,(H,23,27);(H,6,7). The van der Waals surface area contributed by atoms with E-state index in [9.17, 15) is 18.0 Å². The summed E-state index contributed by atoms with van der Waals surface area (Å²) in [7, 11) is 0. The van der Waals surface area contributed by atoms with E-state index < -0.39 is 12.1 Å². The Morgan fingerprint density at radius 2 is 1.69 bits per heavy atom. The SMILES string of the molecule is CC(C)N1CCN(c2ccc3ccc(C(=O)NCC4CCOCC4)cn23)CC1.O=C(O)C(F)(F)F. The maximum absolute atomic E-state index is 12.7. The lowest BCUT2D eigenvalue weighted by Gasteiger charge is -2.37. The zero-order valence-corrected chi connectivity index (χ0v) is 20.1. The maximum atomic E-state index is 12.7. The molecule has 11 heteroatoms. The van der Waals surface area contributed by atoms with Gasteiger partial charge in [-0.1, -0.05) is 0 Å². The molecular weight excluding hydrogens is 465 g/mol. The molecule has 0 saturated carbocycles. The van der Waals surface area contributed by atoms with Gasteiger partial charge in [-0.2, -0.15) is 13.2 Å². The first-order chi connectivity index (χ1) is 16.6. The van der Waals surface area contributed by atoms with Crippen LogP contribution >= 0.6 is 0 Å². The van der Waals surface area contributed by atoms with Crippen molar-refractivity contribution in [1.82, 2.24) is 14.6 Å². The lowest BCUT2D eigenvalue weighted by Crippen LogP contribution is -2.49. The van der Waals surface area contributed by atoms with E-state index in [1.165, 1.54) is 5.82 Å². The first-order valence-electron chi connectivity index (χ1n) is 11.8. The average molecular weight is 499 g/mol. The van der Waals surface area contributed by atoms with E-state index in [1.807, 2.05) is 18.3 Å². The number of nitrogens with zero attached hydrogens (tertiary/aromatic N) is 3. The number of carboxylic acids is 1. The molecule has 0 aromatic carbocycles. The first kappa shape index (κ1) is 26.8. The molecule has 0 radical (unpaired) electrons. The van der Waals surface area contributed by atoms with Crippen molar-refractivity contribution in [1.29, 1.82) is 0 Å². The molecule has 8 nitrogen and oxygen atoms in total. The van der Waals surface area contributed by atoms with E-state index in [1.54, 1.807) is 0 Å². The Labute approximate surface area is 202 Å². The number of carboxylic acid groups (broad SMARTS) is 1. The van der Waals surface area contributed by atoms with E-state index in [-0.39, 0.29) is 5.91 Å². The summed E-state index contributed by atoms with van der Waals surface area (Å²) in [5.74, 6) is -1.04. The van der Waals surface area contributed by atoms with Gasteiger partial charge in [-0.25, -0.2) is 4.79 Å². The second kappa shape index (κ2) is 11.8. The molecule has 1 amide bonds. The third kappa shape index (κ3) is 7.35. The highest BCUT2D eigenvalue weighted by Crippen LogP contribution is 2.22. The number of amides is 1. The summed E-state index contributed by atoms with van der Waals surface area (Å²) in [6.45, 7) is 11.1. The van der Waals surface area contributed by atoms with Crippen molar-refractivity contribution in [2.45, 2.75) is 38.9 Å². The number of hydrogen-bond acceptors (Lipinski definition) is 5. The Morgan fingerprint density at radius 1 is 1.09 bits per heavy atom. The number of ether oxygens (including phenoxy) is 1. The molecule has 0 bridgehead atoms. The van der Waals surface area contributed by atoms with Gasteiger partial charge in [-0.15, -0.1) is 0 Å². The van der Waals surface area contributed by atoms with Gasteiger partial charge in [0.2, 0.25) is 0 Å². The number of anilines is 1. The van der Waals surface area contributed by atoms with Gasteiger partial charge < -0.3 is 24.5 Å². The monoisotopic (exact) mass is 498 g/mol. The fourth-order valence-corrected chi connectivity index (χ4v) is 4.24. The number of fused-ring (bicyclic) bond motifs is 1. The summed E-state index contributed by atoms with van der Waals surface area (Å²) in [6, 6.07) is 8.86. The molecule has 4 heterocycles. The van der Waals surface area contributed by atoms with Gasteiger partial charge in [0, 0.05) is 63.7 Å². The number of halogens is 3. The van der Waals surface area contributed by atoms with Crippen molar-refractivity contribution in [2.75, 3.05) is 50.8 Å². The maximum Gasteiger partial charge on any atom is 0.490 e. The molecule has 2 aromatic heterocycles. The van der Waals surface area contributed by atoms with Crippen LogP contribution in [0.15, 0.2) is 30.5 Å². The Balaban J connectivity index is 0.000000429. The molecule has 0 atom stereocenters. The topological polar surface area (TPSA) is 86.5 Å². The zero-order chi connectivity index (χ0) is 25.6. The molecule has 2 saturated heterocycles. The number of nitrogens with one attached hydrogen (secondary N) is 1. The molecule has 2 fully saturated rings. The van der Waals surface area contributed by atoms with E-state index in [4.69, 9.17) is 14.6 Å². The molecule has 0 unspecified atom stereocenters. The van der Waals surface area contributed by atoms with Crippen LogP contribution in [0.4, 0.5) is 19.0 Å². The summed E-state index contributed by atoms with van der Waals surface area (Å²) in [6.07, 6.45) is -1.04. The van der Waals surface area contributed by atoms with E-state index in [0.29, 0.717) is 12.0 Å². The summed E-state index contributed by atoms with van der Waals surface area (Å²) in [4.78, 5) is 26.5. The quantitative estimate of drug-likeness (QED) is 0.658. The lowest BCUT2D eigenvalue weighted by atomic mass is 10.0.